The van der Waals surface area contributed by atoms with Gasteiger partial charge in [0.2, 0.25) is 0 Å². The fourth-order valence-electron chi connectivity index (χ4n) is 3.58. The van der Waals surface area contributed by atoms with Crippen LogP contribution in [0.2, 0.25) is 0 Å². The lowest BCUT2D eigenvalue weighted by Crippen LogP contribution is -1.99. The highest BCUT2D eigenvalue weighted by Crippen LogP contribution is 2.34. The lowest BCUT2D eigenvalue weighted by atomic mass is 10.0. The third kappa shape index (κ3) is 3.53. The molecule has 3 aromatic heterocycles. The van der Waals surface area contributed by atoms with E-state index >= 15 is 0 Å². The first kappa shape index (κ1) is 18.1. The van der Waals surface area contributed by atoms with Crippen molar-refractivity contribution in [3.8, 4) is 11.3 Å². The number of hydrogen-bond donors (Lipinski definition) is 1. The minimum absolute atomic E-state index is 0.101. The lowest BCUT2D eigenvalue weighted by molar-refractivity contribution is -0.116. The number of aromatic nitrogens is 2. The Hall–Kier alpha value is -3.99. The van der Waals surface area contributed by atoms with Crippen LogP contribution in [0.15, 0.2) is 83.7 Å². The molecule has 1 N–H and O–H groups in total. The lowest BCUT2D eigenvalue weighted by Gasteiger charge is -2.10. The normalized spacial score (nSPS) is 11.1. The summed E-state index contributed by atoms with van der Waals surface area (Å²) in [4.78, 5) is 20.0. The summed E-state index contributed by atoms with van der Waals surface area (Å²) in [5.74, 6) is 0.895. The largest absolute Gasteiger partial charge is 0.456 e. The molecule has 5 aromatic rings. The quantitative estimate of drug-likeness (QED) is 0.401. The standard InChI is InChI=1S/C25H19N3O2/c1-16(29)10-19-8-9-21(14-27-19)28-20-7-6-18-13-26-15-23(22(18)12-20)25-11-17-4-2-3-5-24(17)30-25/h2-9,11-15,28H,10H2,1H3. The second-order valence-corrected chi connectivity index (χ2v) is 7.31. The van der Waals surface area contributed by atoms with Crippen molar-refractivity contribution in [2.75, 3.05) is 5.32 Å². The third-order valence-corrected chi connectivity index (χ3v) is 5.00. The number of fused-ring (bicyclic) bond motifs is 2. The first-order valence-corrected chi connectivity index (χ1v) is 9.74. The molecule has 0 saturated heterocycles. The summed E-state index contributed by atoms with van der Waals surface area (Å²) < 4.78 is 6.07. The monoisotopic (exact) mass is 393 g/mol. The van der Waals surface area contributed by atoms with Crippen LogP contribution in [0.4, 0.5) is 11.4 Å². The molecule has 0 radical (unpaired) electrons. The first-order valence-electron chi connectivity index (χ1n) is 9.74. The molecular weight excluding hydrogens is 374 g/mol. The zero-order valence-electron chi connectivity index (χ0n) is 16.4. The Morgan fingerprint density at radius 1 is 0.933 bits per heavy atom. The van der Waals surface area contributed by atoms with E-state index in [4.69, 9.17) is 4.42 Å². The van der Waals surface area contributed by atoms with E-state index in [-0.39, 0.29) is 5.78 Å². The molecule has 2 aromatic carbocycles. The minimum atomic E-state index is 0.101. The number of carbonyl (C=O) groups excluding carboxylic acids is 1. The number of ketones is 1. The molecule has 146 valence electrons. The molecule has 0 spiro atoms. The van der Waals surface area contributed by atoms with Gasteiger partial charge in [-0.2, -0.15) is 0 Å². The van der Waals surface area contributed by atoms with Gasteiger partial charge in [-0.25, -0.2) is 0 Å². The molecular formula is C25H19N3O2. The summed E-state index contributed by atoms with van der Waals surface area (Å²) >= 11 is 0. The van der Waals surface area contributed by atoms with E-state index in [1.807, 2.05) is 67.0 Å². The molecule has 0 aliphatic heterocycles. The average molecular weight is 393 g/mol. The van der Waals surface area contributed by atoms with Crippen LogP contribution in [-0.2, 0) is 11.2 Å². The number of carbonyl (C=O) groups is 1. The maximum atomic E-state index is 11.3. The molecule has 3 heterocycles. The first-order chi connectivity index (χ1) is 14.7. The van der Waals surface area contributed by atoms with E-state index in [1.165, 1.54) is 0 Å². The maximum absolute atomic E-state index is 11.3. The molecule has 5 rings (SSSR count). The van der Waals surface area contributed by atoms with Crippen LogP contribution in [0.5, 0.6) is 0 Å². The molecule has 0 unspecified atom stereocenters. The van der Waals surface area contributed by atoms with Crippen LogP contribution in [0.25, 0.3) is 33.1 Å². The molecule has 5 heteroatoms. The highest BCUT2D eigenvalue weighted by Gasteiger charge is 2.11. The fourth-order valence-corrected chi connectivity index (χ4v) is 3.58. The summed E-state index contributed by atoms with van der Waals surface area (Å²) in [5.41, 5.74) is 4.37. The van der Waals surface area contributed by atoms with Gasteiger partial charge in [-0.1, -0.05) is 24.3 Å². The molecule has 0 atom stereocenters. The van der Waals surface area contributed by atoms with Gasteiger partial charge in [0.25, 0.3) is 0 Å². The Morgan fingerprint density at radius 3 is 2.60 bits per heavy atom. The third-order valence-electron chi connectivity index (χ3n) is 5.00. The van der Waals surface area contributed by atoms with Crippen molar-refractivity contribution in [2.24, 2.45) is 0 Å². The topological polar surface area (TPSA) is 68.0 Å². The number of hydrogen-bond acceptors (Lipinski definition) is 5. The van der Waals surface area contributed by atoms with Gasteiger partial charge in [-0.3, -0.25) is 14.8 Å². The molecule has 0 amide bonds. The number of furan rings is 1. The maximum Gasteiger partial charge on any atom is 0.137 e. The van der Waals surface area contributed by atoms with E-state index in [0.29, 0.717) is 6.42 Å². The summed E-state index contributed by atoms with van der Waals surface area (Å²) in [6.45, 7) is 1.57. The Morgan fingerprint density at radius 2 is 1.80 bits per heavy atom. The SMILES string of the molecule is CC(=O)Cc1ccc(Nc2ccc3cncc(-c4cc5ccccc5o4)c3c2)cn1. The number of benzene rings is 2. The minimum Gasteiger partial charge on any atom is -0.456 e. The summed E-state index contributed by atoms with van der Waals surface area (Å²) in [5, 5.41) is 6.54. The Bertz CT molecular complexity index is 1340. The number of nitrogens with zero attached hydrogens (tertiary/aromatic N) is 2. The van der Waals surface area contributed by atoms with Gasteiger partial charge in [0.1, 0.15) is 17.1 Å². The summed E-state index contributed by atoms with van der Waals surface area (Å²) in [6, 6.07) is 20.0. The van der Waals surface area contributed by atoms with E-state index < -0.39 is 0 Å². The van der Waals surface area contributed by atoms with Crippen LogP contribution >= 0.6 is 0 Å². The number of nitrogens with one attached hydrogen (secondary N) is 1. The molecule has 30 heavy (non-hydrogen) atoms. The van der Waals surface area contributed by atoms with Crippen molar-refractivity contribution in [3.63, 3.8) is 0 Å². The molecule has 0 fully saturated rings. The van der Waals surface area contributed by atoms with Gasteiger partial charge >= 0.3 is 0 Å². The molecule has 0 saturated carbocycles. The van der Waals surface area contributed by atoms with Crippen LogP contribution in [0, 0.1) is 0 Å². The smallest absolute Gasteiger partial charge is 0.137 e. The summed E-state index contributed by atoms with van der Waals surface area (Å²) in [6.07, 6.45) is 5.78. The number of Topliss-reactive ketones (excluding diaryl/α,β-unsaturated/α-hetero) is 1. The van der Waals surface area contributed by atoms with Gasteiger partial charge in [-0.05, 0) is 48.7 Å². The van der Waals surface area contributed by atoms with Crippen LogP contribution < -0.4 is 5.32 Å². The Labute approximate surface area is 173 Å². The second-order valence-electron chi connectivity index (χ2n) is 7.31. The van der Waals surface area contributed by atoms with Crippen molar-refractivity contribution < 1.29 is 9.21 Å². The molecule has 0 bridgehead atoms. The van der Waals surface area contributed by atoms with E-state index in [1.54, 1.807) is 13.1 Å². The van der Waals surface area contributed by atoms with Gasteiger partial charge in [0, 0.05) is 46.5 Å². The fraction of sp³-hybridized carbons (Fsp3) is 0.0800. The summed E-state index contributed by atoms with van der Waals surface area (Å²) in [7, 11) is 0. The van der Waals surface area contributed by atoms with Crippen LogP contribution in [0.3, 0.4) is 0 Å². The van der Waals surface area contributed by atoms with E-state index in [0.717, 1.165) is 50.1 Å². The predicted octanol–water partition coefficient (Wildman–Crippen LogP) is 5.92. The van der Waals surface area contributed by atoms with Crippen LogP contribution in [-0.4, -0.2) is 15.8 Å². The highest BCUT2D eigenvalue weighted by atomic mass is 16.3. The molecule has 0 aliphatic carbocycles. The molecule has 0 aliphatic rings. The van der Waals surface area contributed by atoms with Gasteiger partial charge in [0.05, 0.1) is 11.9 Å². The molecule has 5 nitrogen and oxygen atoms in total. The number of anilines is 2. The Kier molecular flexibility index (Phi) is 4.48. The van der Waals surface area contributed by atoms with Crippen molar-refractivity contribution in [2.45, 2.75) is 13.3 Å². The predicted molar refractivity (Wildman–Crippen MR) is 119 cm³/mol. The van der Waals surface area contributed by atoms with E-state index in [9.17, 15) is 4.79 Å². The van der Waals surface area contributed by atoms with Crippen molar-refractivity contribution in [1.29, 1.82) is 0 Å². The van der Waals surface area contributed by atoms with Crippen LogP contribution in [0.1, 0.15) is 12.6 Å². The van der Waals surface area contributed by atoms with E-state index in [2.05, 4.69) is 21.4 Å². The number of pyridine rings is 2. The van der Waals surface area contributed by atoms with Crippen molar-refractivity contribution in [1.82, 2.24) is 9.97 Å². The average Bonchev–Trinajstić information content (AvgIpc) is 3.18. The second kappa shape index (κ2) is 7.44. The Balaban J connectivity index is 1.50. The highest BCUT2D eigenvalue weighted by molar-refractivity contribution is 5.98. The number of rotatable bonds is 5. The van der Waals surface area contributed by atoms with Crippen molar-refractivity contribution >= 4 is 38.9 Å². The number of para-hydroxylation sites is 1. The zero-order chi connectivity index (χ0) is 20.5. The van der Waals surface area contributed by atoms with Crippen molar-refractivity contribution in [3.05, 3.63) is 84.9 Å². The van der Waals surface area contributed by atoms with Gasteiger partial charge < -0.3 is 9.73 Å². The van der Waals surface area contributed by atoms with Gasteiger partial charge in [-0.15, -0.1) is 0 Å². The zero-order valence-corrected chi connectivity index (χ0v) is 16.4. The van der Waals surface area contributed by atoms with Gasteiger partial charge in [0.15, 0.2) is 0 Å².